The molecule has 1 atom stereocenters. The fourth-order valence-corrected chi connectivity index (χ4v) is 1.78. The van der Waals surface area contributed by atoms with Gasteiger partial charge < -0.3 is 0 Å². The van der Waals surface area contributed by atoms with Crippen molar-refractivity contribution in [1.29, 1.82) is 0 Å². The molecule has 0 saturated heterocycles. The number of halogens is 22. The lowest BCUT2D eigenvalue weighted by Gasteiger charge is -2.22. The summed E-state index contributed by atoms with van der Waals surface area (Å²) in [4.78, 5) is 0. The van der Waals surface area contributed by atoms with Gasteiger partial charge in [0.2, 0.25) is 3.92 Å². The van der Waals surface area contributed by atoms with E-state index in [0.717, 1.165) is 22.6 Å². The van der Waals surface area contributed by atoms with Crippen LogP contribution < -0.4 is 0 Å². The number of hydrogen-bond acceptors (Lipinski definition) is 0. The minimum absolute atomic E-state index is 0. The van der Waals surface area contributed by atoms with E-state index in [2.05, 4.69) is 13.2 Å². The van der Waals surface area contributed by atoms with E-state index in [-0.39, 0.29) is 21.3 Å². The Balaban J connectivity index is -0.0000000977. The molecule has 0 aliphatic heterocycles. The zero-order valence-corrected chi connectivity index (χ0v) is 21.2. The van der Waals surface area contributed by atoms with Gasteiger partial charge in [-0.05, 0) is 22.6 Å². The van der Waals surface area contributed by atoms with Crippen LogP contribution in [0.3, 0.4) is 0 Å². The molecule has 1 unspecified atom stereocenters. The number of hydrogen-bond donors (Lipinski definition) is 0. The molecule has 0 fully saturated rings. The van der Waals surface area contributed by atoms with Crippen LogP contribution >= 0.6 is 45.2 Å². The molecule has 38 heavy (non-hydrogen) atoms. The minimum Gasteiger partial charge on any atom is -0.236 e. The van der Waals surface area contributed by atoms with Crippen molar-refractivity contribution >= 4 is 45.2 Å². The van der Waals surface area contributed by atoms with Crippen molar-refractivity contribution < 1.29 is 89.2 Å². The van der Waals surface area contributed by atoms with Crippen molar-refractivity contribution in [2.45, 2.75) is 59.0 Å². The molecule has 0 N–H and O–H groups in total. The van der Waals surface area contributed by atoms with Gasteiger partial charge >= 0.3 is 37.1 Å². The molecule has 0 amide bonds. The highest BCUT2D eigenvalue weighted by Crippen LogP contribution is 2.43. The maximum absolute atomic E-state index is 12.0. The van der Waals surface area contributed by atoms with Gasteiger partial charge in [-0.2, -0.15) is 79.0 Å². The molecule has 0 nitrogen and oxygen atoms in total. The first kappa shape index (κ1) is 47.3. The lowest BCUT2D eigenvalue weighted by atomic mass is 10.1. The smallest absolute Gasteiger partial charge is 0.236 e. The summed E-state index contributed by atoms with van der Waals surface area (Å²) in [5, 5.41) is 0. The zero-order valence-electron chi connectivity index (χ0n) is 16.9. The van der Waals surface area contributed by atoms with Gasteiger partial charge in [0.25, 0.3) is 0 Å². The molecule has 236 valence electrons. The lowest BCUT2D eigenvalue weighted by Crippen LogP contribution is -2.37. The highest BCUT2D eigenvalue weighted by molar-refractivity contribution is 14.1. The first-order chi connectivity index (χ1) is 15.8. The van der Waals surface area contributed by atoms with Crippen molar-refractivity contribution in [1.82, 2.24) is 0 Å². The van der Waals surface area contributed by atoms with Gasteiger partial charge in [0.15, 0.2) is 16.0 Å². The molecule has 0 bridgehead atoms. The van der Waals surface area contributed by atoms with Gasteiger partial charge in [-0.3, -0.25) is 0 Å². The van der Waals surface area contributed by atoms with Crippen molar-refractivity contribution in [3.8, 4) is 0 Å². The van der Waals surface area contributed by atoms with Gasteiger partial charge in [0, 0.05) is 7.85 Å². The SMILES string of the molecule is C.C=CC(C(F)(F)F)C(F)(F)F.C=CF.FC(F)(F)C(I)C(F)(F)F.FC(I)CC(C(F)(F)F)C(F)(F)F.[2HH]. The molecular weight excluding hydrogens is 826 g/mol. The van der Waals surface area contributed by atoms with E-state index >= 15 is 0 Å². The normalized spacial score (nSPS) is 13.7. The van der Waals surface area contributed by atoms with Crippen LogP contribution in [0.2, 0.25) is 0 Å². The van der Waals surface area contributed by atoms with Gasteiger partial charge in [-0.15, -0.1) is 6.58 Å². The lowest BCUT2D eigenvalue weighted by molar-refractivity contribution is -0.286. The van der Waals surface area contributed by atoms with Crippen molar-refractivity contribution in [3.63, 3.8) is 0 Å². The molecule has 0 aromatic heterocycles. The summed E-state index contributed by atoms with van der Waals surface area (Å²) in [7, 11) is 0. The third-order valence-electron chi connectivity index (χ3n) is 2.72. The van der Waals surface area contributed by atoms with Gasteiger partial charge in [0.1, 0.15) is 0 Å². The summed E-state index contributed by atoms with van der Waals surface area (Å²) in [6.45, 7) is 5.15. The Morgan fingerprint density at radius 1 is 0.579 bits per heavy atom. The zero-order chi connectivity index (χ0) is 31.4. The summed E-state index contributed by atoms with van der Waals surface area (Å²) in [6, 6.07) is 0. The maximum Gasteiger partial charge on any atom is 0.409 e. The fourth-order valence-electron chi connectivity index (χ4n) is 1.27. The average Bonchev–Trinajstić information content (AvgIpc) is 2.55. The number of allylic oxidation sites excluding steroid dienone is 1. The van der Waals surface area contributed by atoms with E-state index in [1.165, 1.54) is 0 Å². The van der Waals surface area contributed by atoms with E-state index in [4.69, 9.17) is 0 Å². The van der Waals surface area contributed by atoms with Crippen molar-refractivity contribution in [2.24, 2.45) is 11.8 Å². The molecule has 0 rings (SSSR count). The molecule has 22 heteroatoms. The molecule has 0 aliphatic rings. The average molecular weight is 845 g/mol. The largest absolute Gasteiger partial charge is 0.409 e. The van der Waals surface area contributed by atoms with Gasteiger partial charge in [0.05, 0.1) is 6.33 Å². The molecule has 0 saturated carbocycles. The molecule has 0 aliphatic carbocycles. The van der Waals surface area contributed by atoms with E-state index in [1.807, 2.05) is 0 Å². The second-order valence-corrected chi connectivity index (χ2v) is 8.26. The van der Waals surface area contributed by atoms with E-state index in [1.54, 1.807) is 0 Å². The highest BCUT2D eigenvalue weighted by Gasteiger charge is 2.57. The summed E-state index contributed by atoms with van der Waals surface area (Å²) >= 11 is 1.18. The van der Waals surface area contributed by atoms with E-state index in [9.17, 15) is 87.8 Å². The predicted octanol–water partition coefficient (Wildman–Crippen LogP) is 11.7. The third-order valence-corrected chi connectivity index (χ3v) is 4.64. The molecule has 0 aromatic rings. The van der Waals surface area contributed by atoms with Crippen LogP contribution in [0, 0.1) is 11.8 Å². The predicted molar refractivity (Wildman–Crippen MR) is 115 cm³/mol. The number of alkyl halides is 21. The quantitative estimate of drug-likeness (QED) is 0.115. The summed E-state index contributed by atoms with van der Waals surface area (Å²) in [6.07, 6.45) is -33.4. The first-order valence-electron chi connectivity index (χ1n) is 7.97. The molecule has 0 radical (unpaired) electrons. The second-order valence-electron chi connectivity index (χ2n) is 5.66. The van der Waals surface area contributed by atoms with Crippen molar-refractivity contribution in [2.75, 3.05) is 0 Å². The van der Waals surface area contributed by atoms with Crippen LogP contribution in [0.5, 0.6) is 0 Å². The van der Waals surface area contributed by atoms with E-state index in [0.29, 0.717) is 22.6 Å². The van der Waals surface area contributed by atoms with Gasteiger partial charge in [-0.1, -0.05) is 42.7 Å². The van der Waals surface area contributed by atoms with Gasteiger partial charge in [-0.25, -0.2) is 8.78 Å². The Labute approximate surface area is 230 Å². The molecule has 0 spiro atoms. The van der Waals surface area contributed by atoms with Crippen LogP contribution in [0.1, 0.15) is 15.3 Å². The third kappa shape index (κ3) is 24.6. The van der Waals surface area contributed by atoms with Crippen molar-refractivity contribution in [3.05, 3.63) is 25.6 Å². The van der Waals surface area contributed by atoms with E-state index < -0.39 is 63.4 Å². The topological polar surface area (TPSA) is 0 Å². The Kier molecular flexibility index (Phi) is 22.5. The maximum atomic E-state index is 12.0. The van der Waals surface area contributed by atoms with Crippen LogP contribution in [-0.4, -0.2) is 45.2 Å². The highest BCUT2D eigenvalue weighted by atomic mass is 127. The summed E-state index contributed by atoms with van der Waals surface area (Å²) in [5.41, 5.74) is 0. The fraction of sp³-hybridized carbons (Fsp3) is 0.750. The molecule has 0 heterocycles. The standard InChI is InChI=1S/C5H4F7I.C5H4F6.C3HF6I.C2H3F.CH4.H2/c6-3(13)1-2(4(7,8)9)5(10,11)12;1-2-3(4(6,7)8)5(9,10)11;4-2(5,6)1(10)3(7,8)9;1-2-3;;/h2-3H,1H2;2-3H,1H2;1H;2H,1H2;1H4;1H/i;;;;;1+1. The van der Waals surface area contributed by atoms with Crippen LogP contribution in [0.4, 0.5) is 87.8 Å². The Bertz CT molecular complexity index is 585. The Hall–Kier alpha value is -0.460. The Morgan fingerprint density at radius 2 is 0.816 bits per heavy atom. The number of rotatable bonds is 3. The monoisotopic (exact) mass is 845 g/mol. The second kappa shape index (κ2) is 18.1. The molecular formula is C16H18F20I2. The van der Waals surface area contributed by atoms with Crippen LogP contribution in [0.25, 0.3) is 0 Å². The Morgan fingerprint density at radius 3 is 0.842 bits per heavy atom. The minimum atomic E-state index is -5.44. The van der Waals surface area contributed by atoms with Crippen LogP contribution in [-0.2, 0) is 0 Å². The summed E-state index contributed by atoms with van der Waals surface area (Å²) < 4.78 is 223. The summed E-state index contributed by atoms with van der Waals surface area (Å²) in [5.74, 6) is -7.00. The van der Waals surface area contributed by atoms with Crippen LogP contribution in [0.15, 0.2) is 25.6 Å². The molecule has 0 aromatic carbocycles. The first-order valence-corrected chi connectivity index (χ1v) is 10.5.